The summed E-state index contributed by atoms with van der Waals surface area (Å²) in [5, 5.41) is 2.91. The van der Waals surface area contributed by atoms with Crippen LogP contribution in [0, 0.1) is 5.92 Å². The number of carbonyl (C=O) groups excluding carboxylic acids is 1. The molecule has 0 aromatic carbocycles. The average Bonchev–Trinajstić information content (AvgIpc) is 2.14. The Hall–Kier alpha value is -0.530. The van der Waals surface area contributed by atoms with Gasteiger partial charge in [-0.25, -0.2) is 0 Å². The molecular weight excluding hydrogens is 126 g/mol. The fourth-order valence-corrected chi connectivity index (χ4v) is 1.35. The zero-order chi connectivity index (χ0) is 7.40. The van der Waals surface area contributed by atoms with Crippen molar-refractivity contribution in [2.45, 2.75) is 32.6 Å². The van der Waals surface area contributed by atoms with Gasteiger partial charge in [-0.1, -0.05) is 13.3 Å². The van der Waals surface area contributed by atoms with E-state index < -0.39 is 0 Å². The molecule has 0 bridgehead atoms. The summed E-state index contributed by atoms with van der Waals surface area (Å²) in [6.45, 7) is 3.08. The van der Waals surface area contributed by atoms with E-state index in [2.05, 4.69) is 12.2 Å². The van der Waals surface area contributed by atoms with Gasteiger partial charge in [-0.15, -0.1) is 0 Å². The summed E-state index contributed by atoms with van der Waals surface area (Å²) in [7, 11) is 0. The van der Waals surface area contributed by atoms with Crippen LogP contribution in [-0.4, -0.2) is 12.5 Å². The highest BCUT2D eigenvalue weighted by atomic mass is 16.1. The molecular formula is C8H15NO. The molecule has 1 heterocycles. The second-order valence-electron chi connectivity index (χ2n) is 2.97. The zero-order valence-corrected chi connectivity index (χ0v) is 6.52. The molecule has 58 valence electrons. The number of nitrogens with one attached hydrogen (secondary N) is 1. The first-order valence-electron chi connectivity index (χ1n) is 4.09. The second-order valence-corrected chi connectivity index (χ2v) is 2.97. The van der Waals surface area contributed by atoms with Gasteiger partial charge in [0.1, 0.15) is 0 Å². The van der Waals surface area contributed by atoms with Crippen molar-refractivity contribution >= 4 is 5.91 Å². The van der Waals surface area contributed by atoms with E-state index in [4.69, 9.17) is 0 Å². The molecule has 1 rings (SSSR count). The lowest BCUT2D eigenvalue weighted by Gasteiger charge is -2.09. The summed E-state index contributed by atoms with van der Waals surface area (Å²) in [6, 6.07) is 0. The molecule has 1 fully saturated rings. The van der Waals surface area contributed by atoms with Gasteiger partial charge in [0.25, 0.3) is 0 Å². The van der Waals surface area contributed by atoms with Crippen LogP contribution in [0.25, 0.3) is 0 Å². The standard InChI is InChI=1S/C8H15NO/c1-2-7-4-3-5-8(10)9-6-7/h7H,2-6H2,1H3,(H,9,10). The highest BCUT2D eigenvalue weighted by Crippen LogP contribution is 2.14. The summed E-state index contributed by atoms with van der Waals surface area (Å²) in [4.78, 5) is 10.8. The lowest BCUT2D eigenvalue weighted by molar-refractivity contribution is -0.120. The summed E-state index contributed by atoms with van der Waals surface area (Å²) in [5.41, 5.74) is 0. The molecule has 1 N–H and O–H groups in total. The van der Waals surface area contributed by atoms with Crippen LogP contribution < -0.4 is 5.32 Å². The van der Waals surface area contributed by atoms with Crippen LogP contribution >= 0.6 is 0 Å². The van der Waals surface area contributed by atoms with Crippen molar-refractivity contribution in [3.05, 3.63) is 0 Å². The summed E-state index contributed by atoms with van der Waals surface area (Å²) in [5.74, 6) is 0.961. The molecule has 0 saturated carbocycles. The fourth-order valence-electron chi connectivity index (χ4n) is 1.35. The van der Waals surface area contributed by atoms with Crippen molar-refractivity contribution in [2.75, 3.05) is 6.54 Å². The van der Waals surface area contributed by atoms with Gasteiger partial charge in [-0.05, 0) is 18.8 Å². The Morgan fingerprint density at radius 2 is 2.50 bits per heavy atom. The largest absolute Gasteiger partial charge is 0.356 e. The van der Waals surface area contributed by atoms with Gasteiger partial charge in [-0.2, -0.15) is 0 Å². The van der Waals surface area contributed by atoms with Gasteiger partial charge in [-0.3, -0.25) is 4.79 Å². The fraction of sp³-hybridized carbons (Fsp3) is 0.875. The predicted molar refractivity (Wildman–Crippen MR) is 40.6 cm³/mol. The van der Waals surface area contributed by atoms with E-state index in [1.54, 1.807) is 0 Å². The molecule has 10 heavy (non-hydrogen) atoms. The van der Waals surface area contributed by atoms with Crippen LogP contribution in [0.4, 0.5) is 0 Å². The third-order valence-electron chi connectivity index (χ3n) is 2.18. The summed E-state index contributed by atoms with van der Waals surface area (Å²) < 4.78 is 0. The predicted octanol–water partition coefficient (Wildman–Crippen LogP) is 1.31. The Morgan fingerprint density at radius 3 is 3.20 bits per heavy atom. The van der Waals surface area contributed by atoms with E-state index >= 15 is 0 Å². The second kappa shape index (κ2) is 3.59. The van der Waals surface area contributed by atoms with Crippen molar-refractivity contribution < 1.29 is 4.79 Å². The molecule has 0 aromatic rings. The van der Waals surface area contributed by atoms with E-state index in [9.17, 15) is 4.79 Å². The first-order chi connectivity index (χ1) is 4.83. The zero-order valence-electron chi connectivity index (χ0n) is 6.52. The molecule has 1 saturated heterocycles. The highest BCUT2D eigenvalue weighted by molar-refractivity contribution is 5.76. The minimum Gasteiger partial charge on any atom is -0.356 e. The molecule has 0 aliphatic carbocycles. The lowest BCUT2D eigenvalue weighted by Crippen LogP contribution is -2.25. The minimum atomic E-state index is 0.232. The van der Waals surface area contributed by atoms with E-state index in [-0.39, 0.29) is 5.91 Å². The molecule has 1 amide bonds. The quantitative estimate of drug-likeness (QED) is 0.586. The normalized spacial score (nSPS) is 27.3. The van der Waals surface area contributed by atoms with Crippen LogP contribution in [0.15, 0.2) is 0 Å². The van der Waals surface area contributed by atoms with Crippen molar-refractivity contribution in [2.24, 2.45) is 5.92 Å². The van der Waals surface area contributed by atoms with Gasteiger partial charge >= 0.3 is 0 Å². The van der Waals surface area contributed by atoms with Gasteiger partial charge in [0.05, 0.1) is 0 Å². The third-order valence-corrected chi connectivity index (χ3v) is 2.18. The Labute approximate surface area is 62.0 Å². The van der Waals surface area contributed by atoms with Gasteiger partial charge in [0.15, 0.2) is 0 Å². The average molecular weight is 141 g/mol. The van der Waals surface area contributed by atoms with Crippen LogP contribution in [0.1, 0.15) is 32.6 Å². The van der Waals surface area contributed by atoms with Crippen LogP contribution in [-0.2, 0) is 4.79 Å². The molecule has 1 aliphatic heterocycles. The lowest BCUT2D eigenvalue weighted by atomic mass is 10.0. The molecule has 0 spiro atoms. The maximum absolute atomic E-state index is 10.8. The van der Waals surface area contributed by atoms with Crippen LogP contribution in [0.5, 0.6) is 0 Å². The van der Waals surface area contributed by atoms with Gasteiger partial charge < -0.3 is 5.32 Å². The van der Waals surface area contributed by atoms with Crippen LogP contribution in [0.2, 0.25) is 0 Å². The van der Waals surface area contributed by atoms with Crippen molar-refractivity contribution in [3.8, 4) is 0 Å². The van der Waals surface area contributed by atoms with E-state index in [1.165, 1.54) is 12.8 Å². The van der Waals surface area contributed by atoms with Crippen molar-refractivity contribution in [1.29, 1.82) is 0 Å². The molecule has 2 heteroatoms. The maximum Gasteiger partial charge on any atom is 0.220 e. The molecule has 1 unspecified atom stereocenters. The molecule has 0 radical (unpaired) electrons. The smallest absolute Gasteiger partial charge is 0.220 e. The number of rotatable bonds is 1. The summed E-state index contributed by atoms with van der Waals surface area (Å²) >= 11 is 0. The Balaban J connectivity index is 2.33. The van der Waals surface area contributed by atoms with E-state index in [1.807, 2.05) is 0 Å². The Morgan fingerprint density at radius 1 is 1.70 bits per heavy atom. The number of amides is 1. The van der Waals surface area contributed by atoms with Crippen LogP contribution in [0.3, 0.4) is 0 Å². The van der Waals surface area contributed by atoms with Gasteiger partial charge in [0.2, 0.25) is 5.91 Å². The first-order valence-corrected chi connectivity index (χ1v) is 4.09. The SMILES string of the molecule is CCC1CCCC(=O)NC1. The first kappa shape index (κ1) is 7.58. The highest BCUT2D eigenvalue weighted by Gasteiger charge is 2.12. The monoisotopic (exact) mass is 141 g/mol. The molecule has 1 atom stereocenters. The topological polar surface area (TPSA) is 29.1 Å². The molecule has 1 aliphatic rings. The van der Waals surface area contributed by atoms with E-state index in [0.29, 0.717) is 0 Å². The summed E-state index contributed by atoms with van der Waals surface area (Å²) in [6.07, 6.45) is 4.22. The molecule has 0 aromatic heterocycles. The third kappa shape index (κ3) is 2.01. The minimum absolute atomic E-state index is 0.232. The number of hydrogen-bond acceptors (Lipinski definition) is 1. The maximum atomic E-state index is 10.8. The Bertz CT molecular complexity index is 122. The molecule has 2 nitrogen and oxygen atoms in total. The van der Waals surface area contributed by atoms with E-state index in [0.717, 1.165) is 25.3 Å². The number of hydrogen-bond donors (Lipinski definition) is 1. The van der Waals surface area contributed by atoms with Gasteiger partial charge in [0, 0.05) is 13.0 Å². The van der Waals surface area contributed by atoms with Crippen molar-refractivity contribution in [1.82, 2.24) is 5.32 Å². The van der Waals surface area contributed by atoms with Crippen molar-refractivity contribution in [3.63, 3.8) is 0 Å². The number of carbonyl (C=O) groups is 1. The Kier molecular flexibility index (Phi) is 2.72.